The Morgan fingerprint density at radius 3 is 2.52 bits per heavy atom. The highest BCUT2D eigenvalue weighted by molar-refractivity contribution is 5.84. The summed E-state index contributed by atoms with van der Waals surface area (Å²) in [7, 11) is 0. The number of amides is 1. The van der Waals surface area contributed by atoms with Gasteiger partial charge in [0.2, 0.25) is 5.91 Å². The topological polar surface area (TPSA) is 52.6 Å². The van der Waals surface area contributed by atoms with Gasteiger partial charge in [-0.1, -0.05) is 24.3 Å². The highest BCUT2D eigenvalue weighted by Crippen LogP contribution is 2.34. The van der Waals surface area contributed by atoms with Gasteiger partial charge in [-0.15, -0.1) is 0 Å². The standard InChI is InChI=1S/C17H24N2O2/c1-11-5-3-4-6-15(11)16-18-12(2)17(21)19(16)13-7-9-14(20)10-8-13/h3-6,12-14,16,18,20H,7-10H2,1-2H3. The number of rotatable bonds is 2. The van der Waals surface area contributed by atoms with Crippen molar-refractivity contribution < 1.29 is 9.90 Å². The molecule has 1 heterocycles. The number of aliphatic hydroxyl groups is 1. The summed E-state index contributed by atoms with van der Waals surface area (Å²) in [6.07, 6.45) is 3.15. The fourth-order valence-electron chi connectivity index (χ4n) is 3.60. The van der Waals surface area contributed by atoms with Crippen molar-refractivity contribution in [2.24, 2.45) is 0 Å². The van der Waals surface area contributed by atoms with Gasteiger partial charge in [0.05, 0.1) is 12.1 Å². The molecule has 3 rings (SSSR count). The Kier molecular flexibility index (Phi) is 4.00. The van der Waals surface area contributed by atoms with Crippen molar-refractivity contribution in [1.29, 1.82) is 0 Å². The zero-order valence-corrected chi connectivity index (χ0v) is 12.7. The first kappa shape index (κ1) is 14.5. The Labute approximate surface area is 126 Å². The van der Waals surface area contributed by atoms with Gasteiger partial charge in [-0.05, 0) is 50.7 Å². The molecule has 2 fully saturated rings. The molecule has 0 spiro atoms. The second-order valence-corrected chi connectivity index (χ2v) is 6.36. The van der Waals surface area contributed by atoms with Crippen molar-refractivity contribution in [3.63, 3.8) is 0 Å². The molecular formula is C17H24N2O2. The van der Waals surface area contributed by atoms with E-state index in [2.05, 4.69) is 24.4 Å². The van der Waals surface area contributed by atoms with Crippen LogP contribution in [-0.2, 0) is 4.79 Å². The number of hydrogen-bond acceptors (Lipinski definition) is 3. The monoisotopic (exact) mass is 288 g/mol. The minimum absolute atomic E-state index is 0.0334. The lowest BCUT2D eigenvalue weighted by Gasteiger charge is -2.37. The van der Waals surface area contributed by atoms with E-state index in [0.29, 0.717) is 0 Å². The van der Waals surface area contributed by atoms with E-state index in [-0.39, 0.29) is 30.3 Å². The van der Waals surface area contributed by atoms with Crippen LogP contribution in [0.25, 0.3) is 0 Å². The molecule has 114 valence electrons. The van der Waals surface area contributed by atoms with E-state index >= 15 is 0 Å². The maximum absolute atomic E-state index is 12.6. The van der Waals surface area contributed by atoms with Gasteiger partial charge in [-0.3, -0.25) is 10.1 Å². The van der Waals surface area contributed by atoms with Crippen molar-refractivity contribution in [2.75, 3.05) is 0 Å². The largest absolute Gasteiger partial charge is 0.393 e. The van der Waals surface area contributed by atoms with Crippen LogP contribution in [0.15, 0.2) is 24.3 Å². The fraction of sp³-hybridized carbons (Fsp3) is 0.588. The fourth-order valence-corrected chi connectivity index (χ4v) is 3.60. The molecule has 1 amide bonds. The smallest absolute Gasteiger partial charge is 0.241 e. The number of benzene rings is 1. The molecule has 4 heteroatoms. The van der Waals surface area contributed by atoms with Crippen molar-refractivity contribution in [3.05, 3.63) is 35.4 Å². The molecule has 1 aliphatic carbocycles. The average molecular weight is 288 g/mol. The summed E-state index contributed by atoms with van der Waals surface area (Å²) in [5.74, 6) is 0.185. The number of carbonyl (C=O) groups excluding carboxylic acids is 1. The quantitative estimate of drug-likeness (QED) is 0.876. The van der Waals surface area contributed by atoms with Gasteiger partial charge in [0, 0.05) is 6.04 Å². The minimum atomic E-state index is -0.193. The summed E-state index contributed by atoms with van der Waals surface area (Å²) in [5, 5.41) is 13.1. The zero-order valence-electron chi connectivity index (χ0n) is 12.7. The summed E-state index contributed by atoms with van der Waals surface area (Å²) in [6, 6.07) is 8.35. The van der Waals surface area contributed by atoms with Gasteiger partial charge in [0.1, 0.15) is 6.17 Å². The first-order chi connectivity index (χ1) is 10.1. The molecule has 2 atom stereocenters. The van der Waals surface area contributed by atoms with Crippen molar-refractivity contribution in [2.45, 2.75) is 63.9 Å². The molecular weight excluding hydrogens is 264 g/mol. The van der Waals surface area contributed by atoms with Crippen LogP contribution in [-0.4, -0.2) is 34.1 Å². The van der Waals surface area contributed by atoms with Crippen molar-refractivity contribution in [1.82, 2.24) is 10.2 Å². The maximum atomic E-state index is 12.6. The molecule has 4 nitrogen and oxygen atoms in total. The average Bonchev–Trinajstić information content (AvgIpc) is 2.76. The SMILES string of the molecule is Cc1ccccc1C1NC(C)C(=O)N1C1CCC(O)CC1. The maximum Gasteiger partial charge on any atom is 0.241 e. The van der Waals surface area contributed by atoms with Crippen LogP contribution in [0.1, 0.15) is 49.9 Å². The lowest BCUT2D eigenvalue weighted by atomic mass is 9.91. The molecule has 1 aliphatic heterocycles. The van der Waals surface area contributed by atoms with Crippen LogP contribution in [0.4, 0.5) is 0 Å². The summed E-state index contributed by atoms with van der Waals surface area (Å²) in [4.78, 5) is 14.6. The summed E-state index contributed by atoms with van der Waals surface area (Å²) in [6.45, 7) is 4.03. The molecule has 1 aromatic carbocycles. The highest BCUT2D eigenvalue weighted by Gasteiger charge is 2.42. The van der Waals surface area contributed by atoms with Crippen LogP contribution < -0.4 is 5.32 Å². The van der Waals surface area contributed by atoms with E-state index in [1.165, 1.54) is 11.1 Å². The Morgan fingerprint density at radius 2 is 1.86 bits per heavy atom. The molecule has 2 aliphatic rings. The Balaban J connectivity index is 1.88. The molecule has 1 saturated carbocycles. The molecule has 2 N–H and O–H groups in total. The molecule has 0 aromatic heterocycles. The molecule has 1 saturated heterocycles. The van der Waals surface area contributed by atoms with E-state index in [4.69, 9.17) is 0 Å². The third-order valence-corrected chi connectivity index (χ3v) is 4.85. The summed E-state index contributed by atoms with van der Waals surface area (Å²) in [5.41, 5.74) is 2.39. The normalized spacial score (nSPS) is 33.5. The number of nitrogens with one attached hydrogen (secondary N) is 1. The third kappa shape index (κ3) is 2.70. The number of hydrogen-bond donors (Lipinski definition) is 2. The van der Waals surface area contributed by atoms with Crippen LogP contribution in [0.3, 0.4) is 0 Å². The second-order valence-electron chi connectivity index (χ2n) is 6.36. The second kappa shape index (κ2) is 5.78. The number of nitrogens with zero attached hydrogens (tertiary/aromatic N) is 1. The molecule has 21 heavy (non-hydrogen) atoms. The molecule has 2 unspecified atom stereocenters. The molecule has 1 aromatic rings. The van der Waals surface area contributed by atoms with Gasteiger partial charge in [0.25, 0.3) is 0 Å². The Bertz CT molecular complexity index is 523. The highest BCUT2D eigenvalue weighted by atomic mass is 16.3. The van der Waals surface area contributed by atoms with E-state index in [9.17, 15) is 9.90 Å². The van der Waals surface area contributed by atoms with E-state index in [0.717, 1.165) is 25.7 Å². The molecule has 0 bridgehead atoms. The molecule has 0 radical (unpaired) electrons. The Hall–Kier alpha value is -1.39. The first-order valence-electron chi connectivity index (χ1n) is 7.89. The van der Waals surface area contributed by atoms with Crippen LogP contribution in [0.2, 0.25) is 0 Å². The van der Waals surface area contributed by atoms with Gasteiger partial charge in [-0.25, -0.2) is 0 Å². The van der Waals surface area contributed by atoms with Crippen LogP contribution in [0, 0.1) is 6.92 Å². The Morgan fingerprint density at radius 1 is 1.19 bits per heavy atom. The predicted molar refractivity (Wildman–Crippen MR) is 81.6 cm³/mol. The van der Waals surface area contributed by atoms with Crippen molar-refractivity contribution >= 4 is 5.91 Å². The van der Waals surface area contributed by atoms with Gasteiger partial charge < -0.3 is 10.0 Å². The van der Waals surface area contributed by atoms with Gasteiger partial charge in [-0.2, -0.15) is 0 Å². The summed E-state index contributed by atoms with van der Waals surface area (Å²) >= 11 is 0. The first-order valence-corrected chi connectivity index (χ1v) is 7.89. The van der Waals surface area contributed by atoms with Gasteiger partial charge in [0.15, 0.2) is 0 Å². The van der Waals surface area contributed by atoms with E-state index in [1.807, 2.05) is 24.0 Å². The van der Waals surface area contributed by atoms with Crippen molar-refractivity contribution in [3.8, 4) is 0 Å². The van der Waals surface area contributed by atoms with E-state index < -0.39 is 0 Å². The lowest BCUT2D eigenvalue weighted by molar-refractivity contribution is -0.133. The zero-order chi connectivity index (χ0) is 15.0. The lowest BCUT2D eigenvalue weighted by Crippen LogP contribution is -2.43. The van der Waals surface area contributed by atoms with E-state index in [1.54, 1.807) is 0 Å². The number of aryl methyl sites for hydroxylation is 1. The van der Waals surface area contributed by atoms with Crippen LogP contribution >= 0.6 is 0 Å². The van der Waals surface area contributed by atoms with Gasteiger partial charge >= 0.3 is 0 Å². The van der Waals surface area contributed by atoms with Crippen LogP contribution in [0.5, 0.6) is 0 Å². The number of carbonyl (C=O) groups is 1. The predicted octanol–water partition coefficient (Wildman–Crippen LogP) is 2.12. The number of aliphatic hydroxyl groups excluding tert-OH is 1. The minimum Gasteiger partial charge on any atom is -0.393 e. The summed E-state index contributed by atoms with van der Waals surface area (Å²) < 4.78 is 0. The third-order valence-electron chi connectivity index (χ3n) is 4.85.